The van der Waals surface area contributed by atoms with Crippen molar-refractivity contribution in [2.45, 2.75) is 25.3 Å². The van der Waals surface area contributed by atoms with E-state index in [4.69, 9.17) is 12.2 Å². The van der Waals surface area contributed by atoms with Gasteiger partial charge >= 0.3 is 0 Å². The van der Waals surface area contributed by atoms with E-state index < -0.39 is 10.0 Å². The summed E-state index contributed by atoms with van der Waals surface area (Å²) in [6.07, 6.45) is 1.49. The Labute approximate surface area is 185 Å². The largest absolute Gasteiger partial charge is 0.347 e. The van der Waals surface area contributed by atoms with E-state index in [0.717, 1.165) is 5.56 Å². The number of rotatable bonds is 8. The number of amides is 1. The quantitative estimate of drug-likeness (QED) is 0.501. The van der Waals surface area contributed by atoms with Crippen molar-refractivity contribution in [3.63, 3.8) is 0 Å². The van der Waals surface area contributed by atoms with Crippen LogP contribution in [-0.2, 0) is 16.6 Å². The fourth-order valence-electron chi connectivity index (χ4n) is 3.15. The maximum absolute atomic E-state index is 13.2. The Bertz CT molecular complexity index is 1210. The number of carbonyl (C=O) groups excluding carboxylic acids is 1. The van der Waals surface area contributed by atoms with E-state index in [1.165, 1.54) is 51.5 Å². The van der Waals surface area contributed by atoms with Crippen molar-refractivity contribution < 1.29 is 17.6 Å². The molecule has 3 rings (SSSR count). The molecule has 0 spiro atoms. The van der Waals surface area contributed by atoms with Crippen LogP contribution in [0.25, 0.3) is 5.69 Å². The van der Waals surface area contributed by atoms with Crippen molar-refractivity contribution in [3.8, 4) is 5.69 Å². The van der Waals surface area contributed by atoms with Gasteiger partial charge in [-0.25, -0.2) is 12.8 Å². The molecule has 0 saturated carbocycles. The highest BCUT2D eigenvalue weighted by Gasteiger charge is 2.21. The second-order valence-electron chi connectivity index (χ2n) is 6.71. The van der Waals surface area contributed by atoms with E-state index in [2.05, 4.69) is 10.3 Å². The first-order chi connectivity index (χ1) is 14.8. The topological polar surface area (TPSA) is 87.2 Å². The molecule has 0 saturated heterocycles. The van der Waals surface area contributed by atoms with Gasteiger partial charge in [0.05, 0.1) is 4.90 Å². The molecule has 0 aliphatic carbocycles. The first-order valence-electron chi connectivity index (χ1n) is 9.71. The summed E-state index contributed by atoms with van der Waals surface area (Å²) in [7, 11) is -3.53. The lowest BCUT2D eigenvalue weighted by molar-refractivity contribution is 0.0944. The molecule has 1 heterocycles. The number of sulfonamides is 1. The van der Waals surface area contributed by atoms with Gasteiger partial charge in [0.2, 0.25) is 10.0 Å². The lowest BCUT2D eigenvalue weighted by Crippen LogP contribution is -2.30. The molecule has 164 valence electrons. The van der Waals surface area contributed by atoms with Gasteiger partial charge in [-0.1, -0.05) is 26.0 Å². The number of hydrogen-bond acceptors (Lipinski definition) is 4. The average Bonchev–Trinajstić information content (AvgIpc) is 3.15. The second kappa shape index (κ2) is 9.54. The van der Waals surface area contributed by atoms with E-state index in [1.54, 1.807) is 26.0 Å². The van der Waals surface area contributed by atoms with Gasteiger partial charge in [0, 0.05) is 31.5 Å². The Morgan fingerprint density at radius 3 is 2.29 bits per heavy atom. The summed E-state index contributed by atoms with van der Waals surface area (Å²) >= 11 is 5.25. The third-order valence-corrected chi connectivity index (χ3v) is 7.18. The fourth-order valence-corrected chi connectivity index (χ4v) is 4.87. The lowest BCUT2D eigenvalue weighted by Gasteiger charge is -2.18. The molecule has 10 heteroatoms. The molecule has 2 aromatic carbocycles. The van der Waals surface area contributed by atoms with Gasteiger partial charge in [-0.2, -0.15) is 4.31 Å². The van der Waals surface area contributed by atoms with Crippen LogP contribution in [0.5, 0.6) is 0 Å². The normalized spacial score (nSPS) is 11.6. The third-order valence-electron chi connectivity index (χ3n) is 4.81. The van der Waals surface area contributed by atoms with Crippen LogP contribution in [0.1, 0.15) is 29.9 Å². The average molecular weight is 463 g/mol. The number of hydrogen-bond donors (Lipinski definition) is 2. The highest BCUT2D eigenvalue weighted by atomic mass is 32.2. The summed E-state index contributed by atoms with van der Waals surface area (Å²) in [5, 5.41) is 2.79. The van der Waals surface area contributed by atoms with Gasteiger partial charge < -0.3 is 10.3 Å². The number of aromatic amines is 1. The zero-order valence-electron chi connectivity index (χ0n) is 17.1. The van der Waals surface area contributed by atoms with Crippen molar-refractivity contribution in [3.05, 3.63) is 76.6 Å². The van der Waals surface area contributed by atoms with E-state index in [1.807, 2.05) is 0 Å². The molecular formula is C21H23FN4O3S2. The van der Waals surface area contributed by atoms with Crippen LogP contribution >= 0.6 is 12.2 Å². The summed E-state index contributed by atoms with van der Waals surface area (Å²) < 4.78 is 41.6. The molecule has 1 amide bonds. The summed E-state index contributed by atoms with van der Waals surface area (Å²) in [4.78, 5) is 15.7. The molecule has 0 aliphatic heterocycles. The third kappa shape index (κ3) is 4.92. The Morgan fingerprint density at radius 1 is 1.10 bits per heavy atom. The van der Waals surface area contributed by atoms with E-state index in [9.17, 15) is 17.6 Å². The van der Waals surface area contributed by atoms with Gasteiger partial charge in [-0.3, -0.25) is 9.36 Å². The smallest absolute Gasteiger partial charge is 0.270 e. The molecule has 0 unspecified atom stereocenters. The Morgan fingerprint density at radius 2 is 1.71 bits per heavy atom. The number of aromatic nitrogens is 2. The van der Waals surface area contributed by atoms with Gasteiger partial charge in [0.1, 0.15) is 11.5 Å². The highest BCUT2D eigenvalue weighted by molar-refractivity contribution is 7.89. The van der Waals surface area contributed by atoms with Crippen LogP contribution in [-0.4, -0.2) is 41.3 Å². The van der Waals surface area contributed by atoms with E-state index in [0.29, 0.717) is 23.5 Å². The molecule has 0 atom stereocenters. The summed E-state index contributed by atoms with van der Waals surface area (Å²) in [5.41, 5.74) is 1.58. The number of nitrogens with one attached hydrogen (secondary N) is 2. The number of H-pyrrole nitrogens is 1. The molecule has 3 aromatic rings. The second-order valence-corrected chi connectivity index (χ2v) is 9.03. The van der Waals surface area contributed by atoms with Crippen LogP contribution in [0, 0.1) is 10.6 Å². The maximum Gasteiger partial charge on any atom is 0.270 e. The molecular weight excluding hydrogens is 439 g/mol. The molecule has 0 bridgehead atoms. The minimum absolute atomic E-state index is 0.200. The zero-order chi connectivity index (χ0) is 22.6. The monoisotopic (exact) mass is 462 g/mol. The van der Waals surface area contributed by atoms with Crippen molar-refractivity contribution >= 4 is 28.1 Å². The first-order valence-corrected chi connectivity index (χ1v) is 11.6. The van der Waals surface area contributed by atoms with Crippen molar-refractivity contribution in [1.82, 2.24) is 19.2 Å². The Hall–Kier alpha value is -2.82. The van der Waals surface area contributed by atoms with Crippen molar-refractivity contribution in [1.29, 1.82) is 0 Å². The number of imidazole rings is 1. The van der Waals surface area contributed by atoms with Gasteiger partial charge in [-0.05, 0) is 54.2 Å². The number of benzene rings is 2. The minimum atomic E-state index is -3.53. The molecule has 31 heavy (non-hydrogen) atoms. The van der Waals surface area contributed by atoms with Gasteiger partial charge in [0.15, 0.2) is 4.77 Å². The summed E-state index contributed by atoms with van der Waals surface area (Å²) in [5.74, 6) is -0.764. The molecule has 7 nitrogen and oxygen atoms in total. The van der Waals surface area contributed by atoms with Crippen LogP contribution in [0.2, 0.25) is 0 Å². The molecule has 2 N–H and O–H groups in total. The first kappa shape index (κ1) is 22.9. The zero-order valence-corrected chi connectivity index (χ0v) is 18.8. The molecule has 1 aromatic heterocycles. The Kier molecular flexibility index (Phi) is 7.04. The maximum atomic E-state index is 13.2. The SMILES string of the molecule is CCN(CC)S(=O)(=O)c1ccc(CNC(=O)c2c[nH]c(=S)n2-c2ccc(F)cc2)cc1. The predicted molar refractivity (Wildman–Crippen MR) is 119 cm³/mol. The highest BCUT2D eigenvalue weighted by Crippen LogP contribution is 2.17. The van der Waals surface area contributed by atoms with Crippen LogP contribution in [0.15, 0.2) is 59.6 Å². The van der Waals surface area contributed by atoms with Gasteiger partial charge in [-0.15, -0.1) is 0 Å². The standard InChI is InChI=1S/C21H23FN4O3S2/c1-3-25(4-2)31(28,29)18-11-5-15(6-12-18)13-23-20(27)19-14-24-21(30)26(19)17-9-7-16(22)8-10-17/h5-12,14H,3-4,13H2,1-2H3,(H,23,27)(H,24,30). The van der Waals surface area contributed by atoms with E-state index >= 15 is 0 Å². The number of nitrogens with zero attached hydrogens (tertiary/aromatic N) is 2. The van der Waals surface area contributed by atoms with Crippen LogP contribution in [0.4, 0.5) is 4.39 Å². The minimum Gasteiger partial charge on any atom is -0.347 e. The summed E-state index contributed by atoms with van der Waals surface area (Å²) in [6.45, 7) is 4.57. The van der Waals surface area contributed by atoms with Crippen molar-refractivity contribution in [2.24, 2.45) is 0 Å². The van der Waals surface area contributed by atoms with Crippen molar-refractivity contribution in [2.75, 3.05) is 13.1 Å². The summed E-state index contributed by atoms with van der Waals surface area (Å²) in [6, 6.07) is 12.0. The number of carbonyl (C=O) groups is 1. The molecule has 0 fully saturated rings. The molecule has 0 radical (unpaired) electrons. The Balaban J connectivity index is 1.74. The lowest BCUT2D eigenvalue weighted by atomic mass is 10.2. The van der Waals surface area contributed by atoms with Crippen LogP contribution < -0.4 is 5.32 Å². The molecule has 0 aliphatic rings. The predicted octanol–water partition coefficient (Wildman–Crippen LogP) is 3.63. The van der Waals surface area contributed by atoms with Gasteiger partial charge in [0.25, 0.3) is 5.91 Å². The fraction of sp³-hybridized carbons (Fsp3) is 0.238. The van der Waals surface area contributed by atoms with E-state index in [-0.39, 0.29) is 28.9 Å². The number of halogens is 1. The van der Waals surface area contributed by atoms with Crippen LogP contribution in [0.3, 0.4) is 0 Å².